The summed E-state index contributed by atoms with van der Waals surface area (Å²) in [5.41, 5.74) is 10.1. The third-order valence-corrected chi connectivity index (χ3v) is 6.18. The zero-order valence-electron chi connectivity index (χ0n) is 15.2. The molecule has 2 aromatic heterocycles. The number of benzene rings is 1. The van der Waals surface area contributed by atoms with E-state index in [1.807, 2.05) is 17.0 Å². The molecule has 0 saturated carbocycles. The number of thiophene rings is 1. The molecule has 0 spiro atoms. The number of nitrogen functional groups attached to an aromatic ring is 1. The summed E-state index contributed by atoms with van der Waals surface area (Å²) in [6.45, 7) is 5.90. The molecule has 2 N–H and O–H groups in total. The Labute approximate surface area is 157 Å². The van der Waals surface area contributed by atoms with Crippen molar-refractivity contribution in [2.24, 2.45) is 5.92 Å². The lowest BCUT2D eigenvalue weighted by molar-refractivity contribution is 0.0689. The van der Waals surface area contributed by atoms with Crippen LogP contribution in [-0.2, 0) is 0 Å². The summed E-state index contributed by atoms with van der Waals surface area (Å²) in [6.07, 6.45) is 2.25. The van der Waals surface area contributed by atoms with E-state index >= 15 is 0 Å². The number of amides is 1. The second-order valence-electron chi connectivity index (χ2n) is 7.26. The summed E-state index contributed by atoms with van der Waals surface area (Å²) in [5.74, 6) is 0.600. The van der Waals surface area contributed by atoms with E-state index in [1.165, 1.54) is 23.3 Å². The lowest BCUT2D eigenvalue weighted by Crippen LogP contribution is -2.38. The number of aromatic nitrogens is 1. The van der Waals surface area contributed by atoms with Crippen molar-refractivity contribution in [3.63, 3.8) is 0 Å². The molecule has 0 radical (unpaired) electrons. The number of piperidine rings is 1. The molecule has 1 unspecified atom stereocenters. The quantitative estimate of drug-likeness (QED) is 0.714. The van der Waals surface area contributed by atoms with E-state index in [-0.39, 0.29) is 5.91 Å². The van der Waals surface area contributed by atoms with Gasteiger partial charge in [0.05, 0.1) is 11.4 Å². The fourth-order valence-corrected chi connectivity index (χ4v) is 4.62. The van der Waals surface area contributed by atoms with Gasteiger partial charge in [-0.2, -0.15) is 0 Å². The van der Waals surface area contributed by atoms with Gasteiger partial charge in [-0.05, 0) is 37.8 Å². The van der Waals surface area contributed by atoms with Crippen LogP contribution in [-0.4, -0.2) is 28.9 Å². The molecule has 1 amide bonds. The number of carbonyl (C=O) groups excluding carboxylic acids is 1. The number of aryl methyl sites for hydroxylation is 1. The summed E-state index contributed by atoms with van der Waals surface area (Å²) in [4.78, 5) is 21.1. The number of likely N-dealkylation sites (tertiary alicyclic amines) is 1. The molecule has 1 atom stereocenters. The SMILES string of the molecule is Cc1ccc(-c2ccc3c(N)c(C(=O)N4CCCC(C)C4)sc3n2)cc1. The van der Waals surface area contributed by atoms with Crippen LogP contribution in [0.5, 0.6) is 0 Å². The van der Waals surface area contributed by atoms with Crippen LogP contribution >= 0.6 is 11.3 Å². The van der Waals surface area contributed by atoms with E-state index in [9.17, 15) is 4.79 Å². The predicted molar refractivity (Wildman–Crippen MR) is 109 cm³/mol. The molecule has 0 bridgehead atoms. The van der Waals surface area contributed by atoms with Crippen molar-refractivity contribution in [2.45, 2.75) is 26.7 Å². The highest BCUT2D eigenvalue weighted by Crippen LogP contribution is 2.35. The molecule has 1 aromatic carbocycles. The highest BCUT2D eigenvalue weighted by atomic mass is 32.1. The predicted octanol–water partition coefficient (Wildman–Crippen LogP) is 4.73. The number of fused-ring (bicyclic) bond motifs is 1. The normalized spacial score (nSPS) is 17.6. The zero-order valence-corrected chi connectivity index (χ0v) is 16.0. The van der Waals surface area contributed by atoms with Crippen molar-refractivity contribution >= 4 is 33.1 Å². The molecule has 3 aromatic rings. The third-order valence-electron chi connectivity index (χ3n) is 5.08. The fraction of sp³-hybridized carbons (Fsp3) is 0.333. The maximum atomic E-state index is 13.0. The monoisotopic (exact) mass is 365 g/mol. The first-order chi connectivity index (χ1) is 12.5. The fourth-order valence-electron chi connectivity index (χ4n) is 3.56. The van der Waals surface area contributed by atoms with Crippen molar-refractivity contribution in [1.29, 1.82) is 0 Å². The summed E-state index contributed by atoms with van der Waals surface area (Å²) in [7, 11) is 0. The number of hydrogen-bond donors (Lipinski definition) is 1. The minimum atomic E-state index is 0.0499. The summed E-state index contributed by atoms with van der Waals surface area (Å²) in [5, 5.41) is 0.874. The van der Waals surface area contributed by atoms with E-state index in [1.54, 1.807) is 0 Å². The summed E-state index contributed by atoms with van der Waals surface area (Å²) < 4.78 is 0. The molecule has 3 heterocycles. The Morgan fingerprint density at radius 1 is 1.23 bits per heavy atom. The molecule has 1 saturated heterocycles. The Balaban J connectivity index is 1.70. The van der Waals surface area contributed by atoms with Gasteiger partial charge in [0.2, 0.25) is 0 Å². The Morgan fingerprint density at radius 3 is 2.73 bits per heavy atom. The third kappa shape index (κ3) is 3.07. The Morgan fingerprint density at radius 2 is 2.00 bits per heavy atom. The second-order valence-corrected chi connectivity index (χ2v) is 8.26. The van der Waals surface area contributed by atoms with Gasteiger partial charge in [0.15, 0.2) is 0 Å². The van der Waals surface area contributed by atoms with Crippen molar-refractivity contribution in [3.05, 3.63) is 46.8 Å². The highest BCUT2D eigenvalue weighted by molar-refractivity contribution is 7.21. The van der Waals surface area contributed by atoms with E-state index in [0.29, 0.717) is 16.5 Å². The van der Waals surface area contributed by atoms with Crippen LogP contribution < -0.4 is 5.73 Å². The van der Waals surface area contributed by atoms with E-state index in [2.05, 4.69) is 38.1 Å². The van der Waals surface area contributed by atoms with Crippen molar-refractivity contribution in [3.8, 4) is 11.3 Å². The summed E-state index contributed by atoms with van der Waals surface area (Å²) >= 11 is 1.41. The van der Waals surface area contributed by atoms with Crippen LogP contribution in [0.15, 0.2) is 36.4 Å². The van der Waals surface area contributed by atoms with Crippen molar-refractivity contribution in [2.75, 3.05) is 18.8 Å². The van der Waals surface area contributed by atoms with Crippen LogP contribution in [0.3, 0.4) is 0 Å². The molecule has 4 rings (SSSR count). The standard InChI is InChI=1S/C21H23N3OS/c1-13-5-7-15(8-6-13)17-10-9-16-18(22)19(26-20(16)23-17)21(25)24-11-3-4-14(2)12-24/h5-10,14H,3-4,11-12,22H2,1-2H3. The minimum absolute atomic E-state index is 0.0499. The molecule has 1 fully saturated rings. The number of rotatable bonds is 2. The molecule has 1 aliphatic heterocycles. The Kier molecular flexibility index (Phi) is 4.41. The number of carbonyl (C=O) groups is 1. The van der Waals surface area contributed by atoms with Crippen LogP contribution in [0.2, 0.25) is 0 Å². The van der Waals surface area contributed by atoms with Crippen LogP contribution in [0.4, 0.5) is 5.69 Å². The molecule has 134 valence electrons. The second kappa shape index (κ2) is 6.72. The van der Waals surface area contributed by atoms with E-state index in [4.69, 9.17) is 10.7 Å². The molecule has 5 heteroatoms. The van der Waals surface area contributed by atoms with Crippen molar-refractivity contribution < 1.29 is 4.79 Å². The van der Waals surface area contributed by atoms with Gasteiger partial charge < -0.3 is 10.6 Å². The van der Waals surface area contributed by atoms with Crippen molar-refractivity contribution in [1.82, 2.24) is 9.88 Å². The Hall–Kier alpha value is -2.40. The average molecular weight is 366 g/mol. The lowest BCUT2D eigenvalue weighted by atomic mass is 10.00. The molecule has 4 nitrogen and oxygen atoms in total. The van der Waals surface area contributed by atoms with Crippen LogP contribution in [0, 0.1) is 12.8 Å². The minimum Gasteiger partial charge on any atom is -0.397 e. The number of pyridine rings is 1. The van der Waals surface area contributed by atoms with Gasteiger partial charge in [0.1, 0.15) is 9.71 Å². The van der Waals surface area contributed by atoms with Gasteiger partial charge >= 0.3 is 0 Å². The number of anilines is 1. The Bertz CT molecular complexity index is 961. The largest absolute Gasteiger partial charge is 0.397 e. The van der Waals surface area contributed by atoms with Gasteiger partial charge in [-0.1, -0.05) is 36.8 Å². The molecular formula is C21H23N3OS. The van der Waals surface area contributed by atoms with Gasteiger partial charge in [-0.25, -0.2) is 4.98 Å². The lowest BCUT2D eigenvalue weighted by Gasteiger charge is -2.30. The molecule has 0 aliphatic carbocycles. The van der Waals surface area contributed by atoms with Crippen LogP contribution in [0.25, 0.3) is 21.5 Å². The first-order valence-electron chi connectivity index (χ1n) is 9.08. The topological polar surface area (TPSA) is 59.2 Å². The first kappa shape index (κ1) is 17.0. The van der Waals surface area contributed by atoms with E-state index < -0.39 is 0 Å². The average Bonchev–Trinajstić information content (AvgIpc) is 2.98. The molecular weight excluding hydrogens is 342 g/mol. The summed E-state index contributed by atoms with van der Waals surface area (Å²) in [6, 6.07) is 12.3. The first-order valence-corrected chi connectivity index (χ1v) is 9.90. The van der Waals surface area contributed by atoms with E-state index in [0.717, 1.165) is 41.0 Å². The maximum absolute atomic E-state index is 13.0. The number of nitrogens with two attached hydrogens (primary N) is 1. The maximum Gasteiger partial charge on any atom is 0.266 e. The molecule has 1 aliphatic rings. The molecule has 26 heavy (non-hydrogen) atoms. The highest BCUT2D eigenvalue weighted by Gasteiger charge is 2.26. The van der Waals surface area contributed by atoms with Gasteiger partial charge in [-0.3, -0.25) is 4.79 Å². The van der Waals surface area contributed by atoms with Gasteiger partial charge in [0, 0.05) is 24.0 Å². The van der Waals surface area contributed by atoms with Gasteiger partial charge in [-0.15, -0.1) is 11.3 Å². The van der Waals surface area contributed by atoms with Crippen LogP contribution in [0.1, 0.15) is 35.0 Å². The number of nitrogens with zero attached hydrogens (tertiary/aromatic N) is 2. The van der Waals surface area contributed by atoms with Gasteiger partial charge in [0.25, 0.3) is 5.91 Å². The smallest absolute Gasteiger partial charge is 0.266 e. The number of hydrogen-bond acceptors (Lipinski definition) is 4. The zero-order chi connectivity index (χ0) is 18.3.